The maximum Gasteiger partial charge on any atom is 0.0714 e. The zero-order chi connectivity index (χ0) is 39.6. The van der Waals surface area contributed by atoms with Gasteiger partial charge in [-0.25, -0.2) is 0 Å². The molecule has 11 rings (SSSR count). The lowest BCUT2D eigenvalue weighted by Gasteiger charge is -2.34. The Bertz CT molecular complexity index is 2960. The van der Waals surface area contributed by atoms with Crippen molar-refractivity contribution in [2.24, 2.45) is 0 Å². The van der Waals surface area contributed by atoms with Crippen molar-refractivity contribution >= 4 is 17.1 Å². The minimum absolute atomic E-state index is 0.0570. The Kier molecular flexibility index (Phi) is 8.13. The van der Waals surface area contributed by atoms with E-state index >= 15 is 0 Å². The SMILES string of the molecule is CC1(C)c2ccccc2-c2ccc(-c3ccc(N(c4ccccc4-c4ccccc4)c4cccc5c4-c4ccccc4C5(c4ccccc4)c4ccccc4)cc3)cc21. The van der Waals surface area contributed by atoms with Crippen LogP contribution in [0, 0.1) is 0 Å². The van der Waals surface area contributed by atoms with E-state index in [2.05, 4.69) is 243 Å². The average molecular weight is 754 g/mol. The van der Waals surface area contributed by atoms with Crippen molar-refractivity contribution in [3.8, 4) is 44.5 Å². The van der Waals surface area contributed by atoms with Gasteiger partial charge in [-0.15, -0.1) is 0 Å². The first-order chi connectivity index (χ1) is 29.0. The van der Waals surface area contributed by atoms with E-state index in [0.717, 1.165) is 17.1 Å². The van der Waals surface area contributed by atoms with Crippen LogP contribution in [0.3, 0.4) is 0 Å². The summed E-state index contributed by atoms with van der Waals surface area (Å²) < 4.78 is 0. The predicted octanol–water partition coefficient (Wildman–Crippen LogP) is 15.2. The molecule has 0 saturated heterocycles. The number of fused-ring (bicyclic) bond motifs is 6. The Morgan fingerprint density at radius 3 is 1.53 bits per heavy atom. The van der Waals surface area contributed by atoms with Crippen molar-refractivity contribution in [1.82, 2.24) is 0 Å². The highest BCUT2D eigenvalue weighted by Crippen LogP contribution is 2.60. The Labute approximate surface area is 347 Å². The second-order valence-corrected chi connectivity index (χ2v) is 16.4. The van der Waals surface area contributed by atoms with Crippen LogP contribution in [0.1, 0.15) is 47.2 Å². The summed E-state index contributed by atoms with van der Waals surface area (Å²) in [4.78, 5) is 2.50. The van der Waals surface area contributed by atoms with Crippen molar-refractivity contribution < 1.29 is 0 Å². The molecule has 0 fully saturated rings. The zero-order valence-corrected chi connectivity index (χ0v) is 33.3. The molecule has 1 heteroatoms. The van der Waals surface area contributed by atoms with E-state index < -0.39 is 5.41 Å². The quantitative estimate of drug-likeness (QED) is 0.157. The van der Waals surface area contributed by atoms with E-state index in [1.54, 1.807) is 0 Å². The molecule has 0 aromatic heterocycles. The lowest BCUT2D eigenvalue weighted by atomic mass is 9.68. The van der Waals surface area contributed by atoms with Gasteiger partial charge in [0, 0.05) is 22.2 Å². The third-order valence-corrected chi connectivity index (χ3v) is 13.0. The number of para-hydroxylation sites is 1. The van der Waals surface area contributed by atoms with E-state index in [1.165, 1.54) is 77.9 Å². The summed E-state index contributed by atoms with van der Waals surface area (Å²) in [6, 6.07) is 82.9. The third kappa shape index (κ3) is 5.31. The van der Waals surface area contributed by atoms with Gasteiger partial charge < -0.3 is 4.90 Å². The molecule has 0 saturated carbocycles. The Morgan fingerprint density at radius 1 is 0.322 bits per heavy atom. The first-order valence-electron chi connectivity index (χ1n) is 20.7. The molecule has 9 aromatic carbocycles. The molecule has 9 aromatic rings. The Morgan fingerprint density at radius 2 is 0.831 bits per heavy atom. The Balaban J connectivity index is 1.13. The van der Waals surface area contributed by atoms with Crippen molar-refractivity contribution in [2.45, 2.75) is 24.7 Å². The van der Waals surface area contributed by atoms with Crippen LogP contribution >= 0.6 is 0 Å². The summed E-state index contributed by atoms with van der Waals surface area (Å²) in [5, 5.41) is 0. The molecule has 0 radical (unpaired) electrons. The smallest absolute Gasteiger partial charge is 0.0714 e. The summed E-state index contributed by atoms with van der Waals surface area (Å²) in [5.74, 6) is 0. The van der Waals surface area contributed by atoms with Gasteiger partial charge in [-0.3, -0.25) is 0 Å². The largest absolute Gasteiger partial charge is 0.309 e. The molecular formula is C58H43N. The molecule has 280 valence electrons. The van der Waals surface area contributed by atoms with Crippen LogP contribution in [0.2, 0.25) is 0 Å². The maximum absolute atomic E-state index is 2.50. The van der Waals surface area contributed by atoms with Gasteiger partial charge >= 0.3 is 0 Å². The second-order valence-electron chi connectivity index (χ2n) is 16.4. The van der Waals surface area contributed by atoms with Gasteiger partial charge in [0.2, 0.25) is 0 Å². The highest BCUT2D eigenvalue weighted by molar-refractivity contribution is 5.99. The first-order valence-corrected chi connectivity index (χ1v) is 20.7. The first kappa shape index (κ1) is 35.0. The summed E-state index contributed by atoms with van der Waals surface area (Å²) >= 11 is 0. The monoisotopic (exact) mass is 753 g/mol. The second kappa shape index (κ2) is 13.7. The van der Waals surface area contributed by atoms with Crippen LogP contribution < -0.4 is 4.90 Å². The topological polar surface area (TPSA) is 3.24 Å². The van der Waals surface area contributed by atoms with E-state index in [-0.39, 0.29) is 5.41 Å². The van der Waals surface area contributed by atoms with Gasteiger partial charge in [-0.2, -0.15) is 0 Å². The predicted molar refractivity (Wildman–Crippen MR) is 247 cm³/mol. The number of benzene rings is 9. The fourth-order valence-electron chi connectivity index (χ4n) is 10.3. The van der Waals surface area contributed by atoms with Crippen LogP contribution in [0.4, 0.5) is 17.1 Å². The Hall–Kier alpha value is -7.22. The van der Waals surface area contributed by atoms with Crippen LogP contribution in [-0.2, 0) is 10.8 Å². The normalized spacial score (nSPS) is 13.9. The molecule has 0 atom stereocenters. The maximum atomic E-state index is 2.50. The van der Waals surface area contributed by atoms with Gasteiger partial charge in [-0.1, -0.05) is 208 Å². The number of hydrogen-bond acceptors (Lipinski definition) is 1. The van der Waals surface area contributed by atoms with Crippen LogP contribution in [0.15, 0.2) is 224 Å². The number of hydrogen-bond donors (Lipinski definition) is 0. The molecule has 0 spiro atoms. The molecule has 0 amide bonds. The molecule has 0 aliphatic heterocycles. The molecular weight excluding hydrogens is 711 g/mol. The zero-order valence-electron chi connectivity index (χ0n) is 33.3. The number of anilines is 3. The van der Waals surface area contributed by atoms with Crippen molar-refractivity contribution in [2.75, 3.05) is 4.90 Å². The molecule has 2 aliphatic carbocycles. The van der Waals surface area contributed by atoms with Gasteiger partial charge in [0.25, 0.3) is 0 Å². The average Bonchev–Trinajstić information content (AvgIpc) is 3.74. The van der Waals surface area contributed by atoms with Gasteiger partial charge in [0.1, 0.15) is 0 Å². The number of rotatable bonds is 7. The van der Waals surface area contributed by atoms with Gasteiger partial charge in [0.15, 0.2) is 0 Å². The highest BCUT2D eigenvalue weighted by Gasteiger charge is 2.47. The van der Waals surface area contributed by atoms with Gasteiger partial charge in [-0.05, 0) is 97.1 Å². The van der Waals surface area contributed by atoms with Crippen molar-refractivity contribution in [3.05, 3.63) is 258 Å². The molecule has 1 nitrogen and oxygen atoms in total. The number of nitrogens with zero attached hydrogens (tertiary/aromatic N) is 1. The summed E-state index contributed by atoms with van der Waals surface area (Å²) in [5.41, 5.74) is 20.7. The standard InChI is InChI=1S/C58H43N/c1-57(2)50-28-15-12-26-47(50)48-38-35-42(39-53(48)57)40-33-36-45(37-34-40)59(54-31-17-14-25-46(54)41-19-6-3-7-20-41)55-32-18-30-52-56(55)49-27-13-16-29-51(49)58(52,43-21-8-4-9-22-43)44-23-10-5-11-24-44/h3-39H,1-2H3. The molecule has 2 aliphatic rings. The summed E-state index contributed by atoms with van der Waals surface area (Å²) in [6.07, 6.45) is 0. The molecule has 0 heterocycles. The minimum Gasteiger partial charge on any atom is -0.309 e. The minimum atomic E-state index is -0.500. The van der Waals surface area contributed by atoms with E-state index in [9.17, 15) is 0 Å². The lowest BCUT2D eigenvalue weighted by molar-refractivity contribution is 0.660. The molecule has 0 unspecified atom stereocenters. The van der Waals surface area contributed by atoms with Gasteiger partial charge in [0.05, 0.1) is 16.8 Å². The summed E-state index contributed by atoms with van der Waals surface area (Å²) in [6.45, 7) is 4.71. The van der Waals surface area contributed by atoms with Crippen molar-refractivity contribution in [3.63, 3.8) is 0 Å². The van der Waals surface area contributed by atoms with Crippen molar-refractivity contribution in [1.29, 1.82) is 0 Å². The fraction of sp³-hybridized carbons (Fsp3) is 0.0690. The summed E-state index contributed by atoms with van der Waals surface area (Å²) in [7, 11) is 0. The van der Waals surface area contributed by atoms with E-state index in [4.69, 9.17) is 0 Å². The van der Waals surface area contributed by atoms with E-state index in [1.807, 2.05) is 0 Å². The highest BCUT2D eigenvalue weighted by atomic mass is 15.1. The molecule has 59 heavy (non-hydrogen) atoms. The third-order valence-electron chi connectivity index (χ3n) is 13.0. The van der Waals surface area contributed by atoms with E-state index in [0.29, 0.717) is 0 Å². The lowest BCUT2D eigenvalue weighted by Crippen LogP contribution is -2.28. The van der Waals surface area contributed by atoms with Crippen LogP contribution in [0.25, 0.3) is 44.5 Å². The molecule has 0 N–H and O–H groups in total. The van der Waals surface area contributed by atoms with Crippen LogP contribution in [0.5, 0.6) is 0 Å². The fourth-order valence-corrected chi connectivity index (χ4v) is 10.3. The van der Waals surface area contributed by atoms with Crippen LogP contribution in [-0.4, -0.2) is 0 Å². The molecule has 0 bridgehead atoms.